The van der Waals surface area contributed by atoms with E-state index in [0.717, 1.165) is 0 Å². The molecule has 0 bridgehead atoms. The molecule has 23 heavy (non-hydrogen) atoms. The van der Waals surface area contributed by atoms with Crippen LogP contribution in [0.3, 0.4) is 0 Å². The van der Waals surface area contributed by atoms with E-state index >= 15 is 0 Å². The molecule has 0 saturated carbocycles. The van der Waals surface area contributed by atoms with Crippen molar-refractivity contribution in [3.05, 3.63) is 35.9 Å². The molecule has 0 aliphatic heterocycles. The normalized spacial score (nSPS) is 15.7. The summed E-state index contributed by atoms with van der Waals surface area (Å²) in [6.45, 7) is 18.7. The Labute approximate surface area is 173 Å². The monoisotopic (exact) mass is 604 g/mol. The number of benzene rings is 1. The molecule has 0 unspecified atom stereocenters. The van der Waals surface area contributed by atoms with E-state index in [4.69, 9.17) is 34.4 Å². The Morgan fingerprint density at radius 2 is 1.22 bits per heavy atom. The molecule has 0 nitrogen and oxygen atoms in total. The van der Waals surface area contributed by atoms with Crippen LogP contribution in [0.2, 0.25) is 0 Å². The molecule has 0 saturated heterocycles. The quantitative estimate of drug-likeness (QED) is 0.244. The first-order valence-corrected chi connectivity index (χ1v) is 18.5. The molecule has 0 aromatic heterocycles. The van der Waals surface area contributed by atoms with E-state index in [9.17, 15) is 0 Å². The zero-order valence-electron chi connectivity index (χ0n) is 15.3. The van der Waals surface area contributed by atoms with E-state index in [1.807, 2.05) is 0 Å². The summed E-state index contributed by atoms with van der Waals surface area (Å²) in [7, 11) is -2.87. The molecule has 1 rings (SSSR count). The van der Waals surface area contributed by atoms with Crippen LogP contribution < -0.4 is 0 Å². The van der Waals surface area contributed by atoms with Gasteiger partial charge in [0.2, 0.25) is 0 Å². The van der Waals surface area contributed by atoms with Gasteiger partial charge in [-0.25, -0.2) is 0 Å². The number of hydrogen-bond donors (Lipinski definition) is 0. The largest absolute Gasteiger partial charge is 0 e. The second-order valence-electron chi connectivity index (χ2n) is 8.36. The Morgan fingerprint density at radius 1 is 0.870 bits per heavy atom. The third kappa shape index (κ3) is 4.01. The number of alkyl halides is 2. The average Bonchev–Trinajstić information content (AvgIpc) is 2.25. The van der Waals surface area contributed by atoms with Crippen LogP contribution in [0.1, 0.15) is 5.56 Å². The molecule has 1 aromatic carbocycles. The van der Waals surface area contributed by atoms with Crippen molar-refractivity contribution in [3.8, 4) is 0 Å². The van der Waals surface area contributed by atoms with Crippen LogP contribution in [0.5, 0.6) is 0 Å². The molecule has 0 radical (unpaired) electrons. The Bertz CT molecular complexity index is 511. The summed E-state index contributed by atoms with van der Waals surface area (Å²) in [5, 5.41) is 0. The Morgan fingerprint density at radius 3 is 1.48 bits per heavy atom. The smallest absolute Gasteiger partial charge is 0 e. The van der Waals surface area contributed by atoms with Crippen LogP contribution in [0.4, 0.5) is 0 Å². The molecule has 0 amide bonds. The maximum absolute atomic E-state index is 7.48. The number of hydrogen-bond acceptors (Lipinski definition) is 0. The molecular formula is C16H30Cl3P3W+2. The molecule has 134 valence electrons. The van der Waals surface area contributed by atoms with E-state index in [0.29, 0.717) is 0 Å². The molecule has 7 heteroatoms. The SMILES string of the molecule is C[P+](C)(C)C(c1ccccc1)([P+](C)(C)C)P(C)(C)(Cl)C(Cl)Cl.[W]. The predicted molar refractivity (Wildman–Crippen MR) is 118 cm³/mol. The van der Waals surface area contributed by atoms with Gasteiger partial charge in [-0.15, -0.1) is 0 Å². The summed E-state index contributed by atoms with van der Waals surface area (Å²) < 4.78 is -0.672. The summed E-state index contributed by atoms with van der Waals surface area (Å²) >= 11 is 20.6. The van der Waals surface area contributed by atoms with Crippen LogP contribution in [0.15, 0.2) is 30.3 Å². The maximum atomic E-state index is 7.48. The second kappa shape index (κ2) is 7.59. The molecule has 0 aliphatic rings. The topological polar surface area (TPSA) is 0 Å². The minimum Gasteiger partial charge on any atom is 0 e. The van der Waals surface area contributed by atoms with Gasteiger partial charge in [-0.1, -0.05) is 0 Å². The fourth-order valence-electron chi connectivity index (χ4n) is 4.63. The van der Waals surface area contributed by atoms with Crippen molar-refractivity contribution in [3.63, 3.8) is 0 Å². The van der Waals surface area contributed by atoms with Gasteiger partial charge in [-0.05, 0) is 0 Å². The fourth-order valence-corrected chi connectivity index (χ4v) is 35.8. The minimum atomic E-state index is -2.97. The summed E-state index contributed by atoms with van der Waals surface area (Å²) in [6.07, 6.45) is 0. The summed E-state index contributed by atoms with van der Waals surface area (Å²) in [5.41, 5.74) is 1.32. The zero-order valence-corrected chi connectivity index (χ0v) is 23.2. The van der Waals surface area contributed by atoms with Gasteiger partial charge in [0.25, 0.3) is 0 Å². The van der Waals surface area contributed by atoms with E-state index in [-0.39, 0.29) is 25.7 Å². The standard InChI is InChI=1S/C16H30Cl3P3.W/c1-20(2,3)16(21(4,5)6,14-12-10-9-11-13-14)22(7,8,19)15(17)18;/h9-13,15H,1-8H3;/q+2;. The van der Waals surface area contributed by atoms with Gasteiger partial charge in [0.05, 0.1) is 0 Å². The van der Waals surface area contributed by atoms with Gasteiger partial charge in [0.15, 0.2) is 0 Å². The zero-order chi connectivity index (χ0) is 17.6. The van der Waals surface area contributed by atoms with Crippen LogP contribution >= 0.6 is 54.9 Å². The Hall–Kier alpha value is 2.07. The van der Waals surface area contributed by atoms with Crippen molar-refractivity contribution >= 4 is 54.9 Å². The van der Waals surface area contributed by atoms with Crippen molar-refractivity contribution in [2.24, 2.45) is 0 Å². The van der Waals surface area contributed by atoms with Crippen molar-refractivity contribution in [2.45, 2.75) is 9.22 Å². The van der Waals surface area contributed by atoms with Gasteiger partial charge in [-0.2, -0.15) is 0 Å². The van der Waals surface area contributed by atoms with Gasteiger partial charge in [0.1, 0.15) is 0 Å². The molecule has 0 aliphatic carbocycles. The van der Waals surface area contributed by atoms with Crippen molar-refractivity contribution in [1.82, 2.24) is 0 Å². The summed E-state index contributed by atoms with van der Waals surface area (Å²) in [4.78, 5) is 0. The summed E-state index contributed by atoms with van der Waals surface area (Å²) in [5.74, 6) is -2.97. The first kappa shape index (κ1) is 25.1. The number of halogens is 3. The molecule has 0 atom stereocenters. The van der Waals surface area contributed by atoms with E-state index in [2.05, 4.69) is 83.7 Å². The van der Waals surface area contributed by atoms with Crippen LogP contribution in [0, 0.1) is 0 Å². The van der Waals surface area contributed by atoms with Gasteiger partial charge >= 0.3 is 153 Å². The Kier molecular flexibility index (Phi) is 8.28. The number of rotatable bonds is 5. The predicted octanol–water partition coefficient (Wildman–Crippen LogP) is 7.34. The maximum Gasteiger partial charge on any atom is 0 e. The van der Waals surface area contributed by atoms with Crippen LogP contribution in [-0.4, -0.2) is 57.9 Å². The molecule has 1 aromatic rings. The molecule has 0 fully saturated rings. The van der Waals surface area contributed by atoms with E-state index < -0.39 is 25.1 Å². The van der Waals surface area contributed by atoms with Gasteiger partial charge in [0, 0.05) is 21.1 Å². The third-order valence-corrected chi connectivity index (χ3v) is 29.1. The van der Waals surface area contributed by atoms with Gasteiger partial charge in [-0.3, -0.25) is 0 Å². The molecule has 0 N–H and O–H groups in total. The van der Waals surface area contributed by atoms with Crippen molar-refractivity contribution < 1.29 is 21.1 Å². The average molecular weight is 606 g/mol. The Balaban J connectivity index is 0.00000484. The van der Waals surface area contributed by atoms with E-state index in [1.165, 1.54) is 5.56 Å². The van der Waals surface area contributed by atoms with Crippen molar-refractivity contribution in [1.29, 1.82) is 0 Å². The first-order valence-electron chi connectivity index (χ1n) is 7.27. The second-order valence-corrected chi connectivity index (χ2v) is 28.9. The van der Waals surface area contributed by atoms with Gasteiger partial charge < -0.3 is 0 Å². The molecule has 0 heterocycles. The summed E-state index contributed by atoms with van der Waals surface area (Å²) in [6, 6.07) is 10.7. The van der Waals surface area contributed by atoms with Crippen LogP contribution in [-0.2, 0) is 25.7 Å². The molecule has 0 spiro atoms. The minimum absolute atomic E-state index is 0. The van der Waals surface area contributed by atoms with Crippen LogP contribution in [0.25, 0.3) is 0 Å². The first-order chi connectivity index (χ1) is 9.58. The van der Waals surface area contributed by atoms with Crippen molar-refractivity contribution in [2.75, 3.05) is 53.3 Å². The molecular weight excluding hydrogens is 575 g/mol. The fraction of sp³-hybridized carbons (Fsp3) is 0.625. The third-order valence-electron chi connectivity index (χ3n) is 4.52. The van der Waals surface area contributed by atoms with E-state index in [1.54, 1.807) is 0 Å².